The maximum atomic E-state index is 11.8. The van der Waals surface area contributed by atoms with Crippen molar-refractivity contribution in [1.29, 1.82) is 0 Å². The van der Waals surface area contributed by atoms with Crippen LogP contribution < -0.4 is 5.32 Å². The quantitative estimate of drug-likeness (QED) is 0.577. The maximum Gasteiger partial charge on any atom is 0.325 e. The van der Waals surface area contributed by atoms with Crippen LogP contribution in [-0.2, 0) is 9.59 Å². The molecule has 4 amide bonds. The highest BCUT2D eigenvalue weighted by Gasteiger charge is 2.45. The Kier molecular flexibility index (Phi) is 2.57. The number of hydrogen-bond acceptors (Lipinski definition) is 4. The highest BCUT2D eigenvalue weighted by Crippen LogP contribution is 2.17. The smallest absolute Gasteiger partial charge is 0.325 e. The molecule has 0 radical (unpaired) electrons. The zero-order valence-electron chi connectivity index (χ0n) is 9.77. The van der Waals surface area contributed by atoms with Gasteiger partial charge in [0.1, 0.15) is 12.1 Å². The second-order valence-corrected chi connectivity index (χ2v) is 4.90. The zero-order chi connectivity index (χ0) is 12.8. The number of imide groups is 1. The molecule has 2 fully saturated rings. The van der Waals surface area contributed by atoms with E-state index in [-0.39, 0.29) is 25.5 Å². The van der Waals surface area contributed by atoms with Gasteiger partial charge in [-0.1, -0.05) is 0 Å². The number of aliphatic hydroxyl groups is 1. The van der Waals surface area contributed by atoms with Gasteiger partial charge in [0.25, 0.3) is 5.91 Å². The third-order valence-corrected chi connectivity index (χ3v) is 2.95. The molecule has 7 nitrogen and oxygen atoms in total. The summed E-state index contributed by atoms with van der Waals surface area (Å²) in [5, 5.41) is 11.6. The average Bonchev–Trinajstić information content (AvgIpc) is 2.36. The van der Waals surface area contributed by atoms with Crippen LogP contribution in [0.3, 0.4) is 0 Å². The predicted molar refractivity (Wildman–Crippen MR) is 56.9 cm³/mol. The van der Waals surface area contributed by atoms with E-state index >= 15 is 0 Å². The largest absolute Gasteiger partial charge is 0.389 e. The van der Waals surface area contributed by atoms with Gasteiger partial charge >= 0.3 is 6.03 Å². The average molecular weight is 241 g/mol. The Labute approximate surface area is 98.4 Å². The van der Waals surface area contributed by atoms with Gasteiger partial charge in [-0.25, -0.2) is 4.79 Å². The molecule has 0 aliphatic carbocycles. The van der Waals surface area contributed by atoms with Crippen LogP contribution in [0.15, 0.2) is 0 Å². The number of urea groups is 1. The SMILES string of the molecule is CC1(C)NC(=O)N(CC(=O)N2CC(O)C2)C1=O. The van der Waals surface area contributed by atoms with Crippen molar-refractivity contribution < 1.29 is 19.5 Å². The lowest BCUT2D eigenvalue weighted by Gasteiger charge is -2.36. The Bertz CT molecular complexity index is 387. The van der Waals surface area contributed by atoms with Gasteiger partial charge in [0.15, 0.2) is 0 Å². The molecular formula is C10H15N3O4. The molecule has 2 N–H and O–H groups in total. The monoisotopic (exact) mass is 241 g/mol. The Hall–Kier alpha value is -1.63. The summed E-state index contributed by atoms with van der Waals surface area (Å²) >= 11 is 0. The fourth-order valence-corrected chi connectivity index (χ4v) is 1.86. The minimum atomic E-state index is -0.953. The number of nitrogens with zero attached hydrogens (tertiary/aromatic N) is 2. The number of amides is 4. The number of carbonyl (C=O) groups excluding carboxylic acids is 3. The summed E-state index contributed by atoms with van der Waals surface area (Å²) in [5.74, 6) is -0.728. The normalized spacial score (nSPS) is 23.7. The lowest BCUT2D eigenvalue weighted by molar-refractivity contribution is -0.145. The number of hydrogen-bond donors (Lipinski definition) is 2. The van der Waals surface area contributed by atoms with Crippen molar-refractivity contribution in [3.05, 3.63) is 0 Å². The summed E-state index contributed by atoms with van der Waals surface area (Å²) in [6.07, 6.45) is -0.488. The van der Waals surface area contributed by atoms with Crippen molar-refractivity contribution in [2.45, 2.75) is 25.5 Å². The summed E-state index contributed by atoms with van der Waals surface area (Å²) in [4.78, 5) is 37.3. The molecule has 7 heteroatoms. The lowest BCUT2D eigenvalue weighted by atomic mass is 10.1. The van der Waals surface area contributed by atoms with E-state index in [1.165, 1.54) is 4.90 Å². The van der Waals surface area contributed by atoms with Gasteiger partial charge in [0.2, 0.25) is 5.91 Å². The van der Waals surface area contributed by atoms with Crippen LogP contribution in [0, 0.1) is 0 Å². The lowest BCUT2D eigenvalue weighted by Crippen LogP contribution is -2.56. The fraction of sp³-hybridized carbons (Fsp3) is 0.700. The van der Waals surface area contributed by atoms with E-state index in [0.29, 0.717) is 0 Å². The van der Waals surface area contributed by atoms with Crippen LogP contribution in [0.1, 0.15) is 13.8 Å². The Morgan fingerprint density at radius 3 is 2.47 bits per heavy atom. The third-order valence-electron chi connectivity index (χ3n) is 2.95. The molecule has 0 spiro atoms. The maximum absolute atomic E-state index is 11.8. The summed E-state index contributed by atoms with van der Waals surface area (Å²) in [5.41, 5.74) is -0.953. The van der Waals surface area contributed by atoms with Crippen LogP contribution in [0.5, 0.6) is 0 Å². The highest BCUT2D eigenvalue weighted by molar-refractivity contribution is 6.08. The van der Waals surface area contributed by atoms with Crippen molar-refractivity contribution in [1.82, 2.24) is 15.1 Å². The molecule has 0 aromatic rings. The van der Waals surface area contributed by atoms with Crippen molar-refractivity contribution in [2.75, 3.05) is 19.6 Å². The van der Waals surface area contributed by atoms with Gasteiger partial charge in [-0.3, -0.25) is 14.5 Å². The van der Waals surface area contributed by atoms with Gasteiger partial charge in [0, 0.05) is 13.1 Å². The van der Waals surface area contributed by atoms with E-state index in [0.717, 1.165) is 4.90 Å². The van der Waals surface area contributed by atoms with Crippen LogP contribution in [-0.4, -0.2) is 64.0 Å². The van der Waals surface area contributed by atoms with Gasteiger partial charge in [0.05, 0.1) is 6.10 Å². The van der Waals surface area contributed by atoms with Crippen LogP contribution in [0.25, 0.3) is 0 Å². The topological polar surface area (TPSA) is 90.0 Å². The number of aliphatic hydroxyl groups excluding tert-OH is 1. The molecule has 2 rings (SSSR count). The molecule has 0 atom stereocenters. The van der Waals surface area contributed by atoms with E-state index < -0.39 is 23.6 Å². The number of β-amino-alcohol motifs (C(OH)–C–C–N with tert-alkyl or cyclic N) is 1. The number of nitrogens with one attached hydrogen (secondary N) is 1. The van der Waals surface area contributed by atoms with Crippen LogP contribution >= 0.6 is 0 Å². The minimum Gasteiger partial charge on any atom is -0.389 e. The van der Waals surface area contributed by atoms with Crippen molar-refractivity contribution in [3.63, 3.8) is 0 Å². The molecule has 2 saturated heterocycles. The number of likely N-dealkylation sites (tertiary alicyclic amines) is 1. The van der Waals surface area contributed by atoms with E-state index in [1.807, 2.05) is 0 Å². The summed E-state index contributed by atoms with van der Waals surface area (Å²) in [6, 6.07) is -0.547. The standard InChI is InChI=1S/C10H15N3O4/c1-10(2)8(16)13(9(17)11-10)5-7(15)12-3-6(14)4-12/h6,14H,3-5H2,1-2H3,(H,11,17). The van der Waals surface area contributed by atoms with Gasteiger partial charge < -0.3 is 15.3 Å². The molecule has 17 heavy (non-hydrogen) atoms. The first-order valence-corrected chi connectivity index (χ1v) is 5.41. The molecule has 0 aromatic carbocycles. The molecule has 0 bridgehead atoms. The molecule has 94 valence electrons. The third kappa shape index (κ3) is 1.97. The molecule has 0 unspecified atom stereocenters. The predicted octanol–water partition coefficient (Wildman–Crippen LogP) is -1.48. The molecule has 2 aliphatic heterocycles. The van der Waals surface area contributed by atoms with Crippen molar-refractivity contribution in [3.8, 4) is 0 Å². The minimum absolute atomic E-state index is 0.263. The first kappa shape index (κ1) is 11.8. The molecule has 2 heterocycles. The first-order chi connectivity index (χ1) is 7.81. The van der Waals surface area contributed by atoms with Crippen molar-refractivity contribution in [2.24, 2.45) is 0 Å². The van der Waals surface area contributed by atoms with E-state index in [2.05, 4.69) is 5.32 Å². The first-order valence-electron chi connectivity index (χ1n) is 5.41. The summed E-state index contributed by atoms with van der Waals surface area (Å²) < 4.78 is 0. The molecule has 2 aliphatic rings. The Balaban J connectivity index is 1.97. The number of rotatable bonds is 2. The summed E-state index contributed by atoms with van der Waals surface area (Å²) in [7, 11) is 0. The second kappa shape index (κ2) is 3.69. The molecule has 0 aromatic heterocycles. The summed E-state index contributed by atoms with van der Waals surface area (Å²) in [6.45, 7) is 3.45. The second-order valence-electron chi connectivity index (χ2n) is 4.90. The van der Waals surface area contributed by atoms with Gasteiger partial charge in [-0.2, -0.15) is 0 Å². The molecular weight excluding hydrogens is 226 g/mol. The van der Waals surface area contributed by atoms with E-state index in [4.69, 9.17) is 5.11 Å². The van der Waals surface area contributed by atoms with Crippen LogP contribution in [0.4, 0.5) is 4.79 Å². The van der Waals surface area contributed by atoms with Gasteiger partial charge in [-0.15, -0.1) is 0 Å². The molecule has 0 saturated carbocycles. The zero-order valence-corrected chi connectivity index (χ0v) is 9.77. The van der Waals surface area contributed by atoms with E-state index in [1.54, 1.807) is 13.8 Å². The Morgan fingerprint density at radius 2 is 2.06 bits per heavy atom. The van der Waals surface area contributed by atoms with E-state index in [9.17, 15) is 14.4 Å². The number of carbonyl (C=O) groups is 3. The van der Waals surface area contributed by atoms with Crippen molar-refractivity contribution >= 4 is 17.8 Å². The Morgan fingerprint density at radius 1 is 1.47 bits per heavy atom. The van der Waals surface area contributed by atoms with Crippen LogP contribution in [0.2, 0.25) is 0 Å². The fourth-order valence-electron chi connectivity index (χ4n) is 1.86. The highest BCUT2D eigenvalue weighted by atomic mass is 16.3. The van der Waals surface area contributed by atoms with Gasteiger partial charge in [-0.05, 0) is 13.8 Å².